The highest BCUT2D eigenvalue weighted by Gasteiger charge is 2.30. The molecule has 0 aromatic heterocycles. The van der Waals surface area contributed by atoms with E-state index in [2.05, 4.69) is 31.0 Å². The molecule has 1 fully saturated rings. The Kier molecular flexibility index (Phi) is 7.39. The van der Waals surface area contributed by atoms with Gasteiger partial charge in [-0.1, -0.05) is 20.8 Å². The number of esters is 1. The Hall–Kier alpha value is -0.610. The Morgan fingerprint density at radius 3 is 2.58 bits per heavy atom. The van der Waals surface area contributed by atoms with Crippen molar-refractivity contribution < 1.29 is 9.53 Å². The minimum atomic E-state index is -0.154. The maximum Gasteiger partial charge on any atom is 0.322 e. The molecule has 0 bridgehead atoms. The number of methoxy groups -OCH3 is 1. The molecule has 1 unspecified atom stereocenters. The van der Waals surface area contributed by atoms with E-state index in [-0.39, 0.29) is 12.0 Å². The molecule has 0 aromatic rings. The van der Waals surface area contributed by atoms with Crippen LogP contribution in [0.5, 0.6) is 0 Å². The largest absolute Gasteiger partial charge is 0.468 e. The number of nitrogens with one attached hydrogen (secondary N) is 1. The lowest BCUT2D eigenvalue weighted by Gasteiger charge is -2.26. The van der Waals surface area contributed by atoms with E-state index in [4.69, 9.17) is 4.74 Å². The minimum absolute atomic E-state index is 0.131. The van der Waals surface area contributed by atoms with Crippen molar-refractivity contribution in [3.8, 4) is 0 Å². The fraction of sp³-hybridized carbons (Fsp3) is 0.933. The zero-order chi connectivity index (χ0) is 14.3. The van der Waals surface area contributed by atoms with Crippen LogP contribution in [0.15, 0.2) is 0 Å². The summed E-state index contributed by atoms with van der Waals surface area (Å²) in [5.74, 6) is 0.550. The number of ether oxygens (including phenoxy) is 1. The fourth-order valence-electron chi connectivity index (χ4n) is 2.39. The van der Waals surface area contributed by atoms with Gasteiger partial charge >= 0.3 is 5.97 Å². The highest BCUT2D eigenvalue weighted by molar-refractivity contribution is 5.75. The highest BCUT2D eigenvalue weighted by Crippen LogP contribution is 2.27. The van der Waals surface area contributed by atoms with Gasteiger partial charge in [0, 0.05) is 19.1 Å². The van der Waals surface area contributed by atoms with Crippen LogP contribution in [0, 0.1) is 5.92 Å². The molecule has 1 N–H and O–H groups in total. The molecule has 0 saturated heterocycles. The molecular weight excluding hydrogens is 240 g/mol. The third kappa shape index (κ3) is 6.39. The van der Waals surface area contributed by atoms with Crippen molar-refractivity contribution in [1.29, 1.82) is 0 Å². The van der Waals surface area contributed by atoms with Crippen molar-refractivity contribution in [1.82, 2.24) is 10.2 Å². The smallest absolute Gasteiger partial charge is 0.322 e. The Bertz CT molecular complexity index is 265. The normalized spacial score (nSPS) is 16.9. The molecule has 1 rings (SSSR count). The van der Waals surface area contributed by atoms with Crippen molar-refractivity contribution in [2.24, 2.45) is 5.92 Å². The lowest BCUT2D eigenvalue weighted by molar-refractivity contribution is -0.143. The summed E-state index contributed by atoms with van der Waals surface area (Å²) < 4.78 is 4.88. The summed E-state index contributed by atoms with van der Waals surface area (Å²) in [4.78, 5) is 14.3. The second-order valence-corrected chi connectivity index (χ2v) is 5.94. The predicted molar refractivity (Wildman–Crippen MR) is 78.1 cm³/mol. The first-order chi connectivity index (χ1) is 9.08. The number of hydrogen-bond acceptors (Lipinski definition) is 4. The maximum atomic E-state index is 11.7. The molecule has 0 aliphatic heterocycles. The van der Waals surface area contributed by atoms with Crippen LogP contribution in [0.1, 0.15) is 46.5 Å². The van der Waals surface area contributed by atoms with Gasteiger partial charge < -0.3 is 15.0 Å². The molecule has 4 heteroatoms. The molecule has 0 spiro atoms. The quantitative estimate of drug-likeness (QED) is 0.617. The van der Waals surface area contributed by atoms with Gasteiger partial charge in [0.1, 0.15) is 6.04 Å². The van der Waals surface area contributed by atoms with Crippen molar-refractivity contribution in [3.63, 3.8) is 0 Å². The van der Waals surface area contributed by atoms with Gasteiger partial charge in [-0.25, -0.2) is 0 Å². The van der Waals surface area contributed by atoms with Crippen LogP contribution in [0.2, 0.25) is 0 Å². The molecule has 0 radical (unpaired) electrons. The van der Waals surface area contributed by atoms with Crippen molar-refractivity contribution in [2.75, 3.05) is 26.7 Å². The van der Waals surface area contributed by atoms with Crippen molar-refractivity contribution >= 4 is 5.97 Å². The Morgan fingerprint density at radius 1 is 1.42 bits per heavy atom. The Morgan fingerprint density at radius 2 is 2.11 bits per heavy atom. The van der Waals surface area contributed by atoms with Gasteiger partial charge in [-0.2, -0.15) is 0 Å². The van der Waals surface area contributed by atoms with Crippen molar-refractivity contribution in [3.05, 3.63) is 0 Å². The summed E-state index contributed by atoms with van der Waals surface area (Å²) in [7, 11) is 1.47. The van der Waals surface area contributed by atoms with Gasteiger partial charge in [-0.05, 0) is 38.1 Å². The van der Waals surface area contributed by atoms with Crippen LogP contribution >= 0.6 is 0 Å². The Balaban J connectivity index is 2.40. The van der Waals surface area contributed by atoms with Crippen LogP contribution in [0.3, 0.4) is 0 Å². The van der Waals surface area contributed by atoms with E-state index in [0.29, 0.717) is 5.92 Å². The minimum Gasteiger partial charge on any atom is -0.468 e. The first-order valence-corrected chi connectivity index (χ1v) is 7.63. The third-order valence-electron chi connectivity index (χ3n) is 3.49. The molecule has 1 atom stereocenters. The highest BCUT2D eigenvalue weighted by atomic mass is 16.5. The van der Waals surface area contributed by atoms with Crippen LogP contribution in [0.25, 0.3) is 0 Å². The van der Waals surface area contributed by atoms with Crippen LogP contribution < -0.4 is 5.32 Å². The lowest BCUT2D eigenvalue weighted by atomic mass is 10.1. The number of carbonyl (C=O) groups excluding carboxylic acids is 1. The van der Waals surface area contributed by atoms with Gasteiger partial charge in [0.15, 0.2) is 0 Å². The van der Waals surface area contributed by atoms with E-state index < -0.39 is 0 Å². The van der Waals surface area contributed by atoms with E-state index in [1.807, 2.05) is 0 Å². The summed E-state index contributed by atoms with van der Waals surface area (Å²) in [5, 5.41) is 3.29. The topological polar surface area (TPSA) is 41.6 Å². The van der Waals surface area contributed by atoms with E-state index in [9.17, 15) is 4.79 Å². The summed E-state index contributed by atoms with van der Waals surface area (Å²) in [6.45, 7) is 9.60. The van der Waals surface area contributed by atoms with E-state index >= 15 is 0 Å². The molecule has 4 nitrogen and oxygen atoms in total. The van der Waals surface area contributed by atoms with Crippen LogP contribution in [0.4, 0.5) is 0 Å². The number of rotatable bonds is 10. The van der Waals surface area contributed by atoms with E-state index in [1.54, 1.807) is 0 Å². The summed E-state index contributed by atoms with van der Waals surface area (Å²) >= 11 is 0. The Labute approximate surface area is 117 Å². The summed E-state index contributed by atoms with van der Waals surface area (Å²) in [6.07, 6.45) is 4.51. The molecule has 0 amide bonds. The van der Waals surface area contributed by atoms with Gasteiger partial charge in [0.2, 0.25) is 0 Å². The molecule has 1 saturated carbocycles. The van der Waals surface area contributed by atoms with Gasteiger partial charge in [-0.3, -0.25) is 4.79 Å². The molecule has 0 aromatic carbocycles. The third-order valence-corrected chi connectivity index (χ3v) is 3.49. The predicted octanol–water partition coefficient (Wildman–Crippen LogP) is 2.04. The van der Waals surface area contributed by atoms with Gasteiger partial charge in [-0.15, -0.1) is 0 Å². The number of hydrogen-bond donors (Lipinski definition) is 1. The van der Waals surface area contributed by atoms with Crippen molar-refractivity contribution in [2.45, 2.75) is 58.5 Å². The molecule has 112 valence electrons. The molecule has 1 aliphatic rings. The molecular formula is C15H30N2O2. The summed E-state index contributed by atoms with van der Waals surface area (Å²) in [5.41, 5.74) is 0. The fourth-order valence-corrected chi connectivity index (χ4v) is 2.39. The first kappa shape index (κ1) is 16.4. The second kappa shape index (κ2) is 8.54. The molecule has 19 heavy (non-hydrogen) atoms. The van der Waals surface area contributed by atoms with E-state index in [0.717, 1.165) is 38.5 Å². The average Bonchev–Trinajstić information content (AvgIpc) is 3.20. The number of carbonyl (C=O) groups is 1. The molecule has 1 aliphatic carbocycles. The lowest BCUT2D eigenvalue weighted by Crippen LogP contribution is -2.42. The van der Waals surface area contributed by atoms with Gasteiger partial charge in [0.25, 0.3) is 0 Å². The maximum absolute atomic E-state index is 11.7. The monoisotopic (exact) mass is 270 g/mol. The van der Waals surface area contributed by atoms with E-state index in [1.165, 1.54) is 20.0 Å². The summed E-state index contributed by atoms with van der Waals surface area (Å²) in [6, 6.07) is 0.602. The molecule has 0 heterocycles. The number of nitrogens with zero attached hydrogens (tertiary/aromatic N) is 1. The second-order valence-electron chi connectivity index (χ2n) is 5.94. The first-order valence-electron chi connectivity index (χ1n) is 7.63. The van der Waals surface area contributed by atoms with Gasteiger partial charge in [0.05, 0.1) is 7.11 Å². The standard InChI is InChI=1S/C15H30N2O2/c1-5-9-16-14(15(18)19-4)8-10-17(11-12(2)3)13-6-7-13/h12-14,16H,5-11H2,1-4H3. The van der Waals surface area contributed by atoms with Crippen LogP contribution in [-0.2, 0) is 9.53 Å². The zero-order valence-electron chi connectivity index (χ0n) is 12.9. The zero-order valence-corrected chi connectivity index (χ0v) is 12.9. The SMILES string of the molecule is CCCNC(CCN(CC(C)C)C1CC1)C(=O)OC. The average molecular weight is 270 g/mol. The van der Waals surface area contributed by atoms with Crippen LogP contribution in [-0.4, -0.2) is 49.7 Å².